The van der Waals surface area contributed by atoms with Crippen LogP contribution in [0.15, 0.2) is 48.1 Å². The summed E-state index contributed by atoms with van der Waals surface area (Å²) in [6.45, 7) is 2.17. The van der Waals surface area contributed by atoms with Gasteiger partial charge in [0, 0.05) is 30.4 Å². The molecule has 0 spiro atoms. The summed E-state index contributed by atoms with van der Waals surface area (Å²) in [6.07, 6.45) is 5.42. The van der Waals surface area contributed by atoms with Crippen LogP contribution in [-0.2, 0) is 11.3 Å². The van der Waals surface area contributed by atoms with Crippen molar-refractivity contribution in [2.45, 2.75) is 19.4 Å². The number of carbonyl (C=O) groups is 1. The maximum Gasteiger partial charge on any atom is 0.225 e. The molecule has 4 rings (SSSR count). The summed E-state index contributed by atoms with van der Waals surface area (Å²) in [6, 6.07) is 9.72. The van der Waals surface area contributed by atoms with Crippen LogP contribution in [0.25, 0.3) is 5.82 Å². The van der Waals surface area contributed by atoms with E-state index in [0.717, 1.165) is 25.2 Å². The van der Waals surface area contributed by atoms with E-state index >= 15 is 0 Å². The summed E-state index contributed by atoms with van der Waals surface area (Å²) < 4.78 is 1.67. The van der Waals surface area contributed by atoms with Crippen LogP contribution in [0.4, 0.5) is 5.82 Å². The number of carbonyl (C=O) groups excluding carboxylic acids is 1. The number of hydrogen-bond donors (Lipinski definition) is 1. The first-order chi connectivity index (χ1) is 12.8. The second-order valence-corrected chi connectivity index (χ2v) is 7.31. The summed E-state index contributed by atoms with van der Waals surface area (Å²) in [5.41, 5.74) is 0. The summed E-state index contributed by atoms with van der Waals surface area (Å²) in [4.78, 5) is 15.8. The fourth-order valence-electron chi connectivity index (χ4n) is 3.14. The van der Waals surface area contributed by atoms with Crippen molar-refractivity contribution in [1.82, 2.24) is 25.3 Å². The molecule has 0 saturated carbocycles. The smallest absolute Gasteiger partial charge is 0.225 e. The van der Waals surface area contributed by atoms with Crippen molar-refractivity contribution < 1.29 is 4.79 Å². The normalized spacial score (nSPS) is 17.2. The standard InChI is InChI=1S/C18H20N6OS/c25-18(19-12-15-5-2-11-26-15)14-4-1-9-23(13-14)16-6-7-17(22-21-16)24-10-3-8-20-24/h2-3,5-8,10-11,14H,1,4,9,12-13H2,(H,19,25)/t14-/m0/s1. The van der Waals surface area contributed by atoms with Gasteiger partial charge in [0.2, 0.25) is 5.91 Å². The zero-order chi connectivity index (χ0) is 17.8. The monoisotopic (exact) mass is 368 g/mol. The molecule has 1 fully saturated rings. The molecular formula is C18H20N6OS. The lowest BCUT2D eigenvalue weighted by molar-refractivity contribution is -0.125. The summed E-state index contributed by atoms with van der Waals surface area (Å²) >= 11 is 1.66. The Morgan fingerprint density at radius 2 is 2.12 bits per heavy atom. The van der Waals surface area contributed by atoms with Gasteiger partial charge >= 0.3 is 0 Å². The van der Waals surface area contributed by atoms with Crippen LogP contribution in [-0.4, -0.2) is 39.0 Å². The van der Waals surface area contributed by atoms with E-state index in [1.165, 1.54) is 4.88 Å². The number of hydrogen-bond acceptors (Lipinski definition) is 6. The molecule has 1 amide bonds. The number of amides is 1. The number of nitrogens with one attached hydrogen (secondary N) is 1. The molecular weight excluding hydrogens is 348 g/mol. The molecule has 3 aromatic heterocycles. The van der Waals surface area contributed by atoms with Crippen molar-refractivity contribution in [1.29, 1.82) is 0 Å². The Hall–Kier alpha value is -2.74. The number of anilines is 1. The summed E-state index contributed by atoms with van der Waals surface area (Å²) in [5, 5.41) is 17.8. The Morgan fingerprint density at radius 1 is 1.23 bits per heavy atom. The van der Waals surface area contributed by atoms with Crippen LogP contribution in [0.5, 0.6) is 0 Å². The highest BCUT2D eigenvalue weighted by molar-refractivity contribution is 7.09. The summed E-state index contributed by atoms with van der Waals surface area (Å²) in [7, 11) is 0. The predicted octanol–water partition coefficient (Wildman–Crippen LogP) is 2.26. The fraction of sp³-hybridized carbons (Fsp3) is 0.333. The quantitative estimate of drug-likeness (QED) is 0.748. The van der Waals surface area contributed by atoms with Crippen molar-refractivity contribution >= 4 is 23.1 Å². The lowest BCUT2D eigenvalue weighted by Gasteiger charge is -2.32. The van der Waals surface area contributed by atoms with E-state index in [4.69, 9.17) is 0 Å². The molecule has 7 nitrogen and oxygen atoms in total. The maximum atomic E-state index is 12.5. The van der Waals surface area contributed by atoms with Gasteiger partial charge in [-0.1, -0.05) is 6.07 Å². The van der Waals surface area contributed by atoms with E-state index in [0.29, 0.717) is 18.9 Å². The van der Waals surface area contributed by atoms with Crippen LogP contribution >= 0.6 is 11.3 Å². The molecule has 4 heterocycles. The van der Waals surface area contributed by atoms with E-state index in [-0.39, 0.29) is 11.8 Å². The Bertz CT molecular complexity index is 831. The predicted molar refractivity (Wildman–Crippen MR) is 100 cm³/mol. The van der Waals surface area contributed by atoms with E-state index in [2.05, 4.69) is 25.5 Å². The van der Waals surface area contributed by atoms with Crippen molar-refractivity contribution in [3.05, 3.63) is 53.0 Å². The van der Waals surface area contributed by atoms with E-state index in [1.807, 2.05) is 41.9 Å². The van der Waals surface area contributed by atoms with E-state index in [9.17, 15) is 4.79 Å². The molecule has 1 N–H and O–H groups in total. The Balaban J connectivity index is 1.37. The van der Waals surface area contributed by atoms with Gasteiger partial charge in [0.05, 0.1) is 12.5 Å². The molecule has 8 heteroatoms. The van der Waals surface area contributed by atoms with Gasteiger partial charge < -0.3 is 10.2 Å². The van der Waals surface area contributed by atoms with Gasteiger partial charge in [-0.3, -0.25) is 4.79 Å². The molecule has 1 aliphatic rings. The zero-order valence-electron chi connectivity index (χ0n) is 14.3. The van der Waals surface area contributed by atoms with Gasteiger partial charge in [-0.15, -0.1) is 21.5 Å². The molecule has 0 bridgehead atoms. The number of nitrogens with zero attached hydrogens (tertiary/aromatic N) is 5. The van der Waals surface area contributed by atoms with Gasteiger partial charge in [-0.2, -0.15) is 5.10 Å². The van der Waals surface area contributed by atoms with Crippen LogP contribution in [0, 0.1) is 5.92 Å². The lowest BCUT2D eigenvalue weighted by Crippen LogP contribution is -2.43. The van der Waals surface area contributed by atoms with Crippen molar-refractivity contribution in [3.63, 3.8) is 0 Å². The highest BCUT2D eigenvalue weighted by Crippen LogP contribution is 2.22. The highest BCUT2D eigenvalue weighted by atomic mass is 32.1. The molecule has 134 valence electrons. The average molecular weight is 368 g/mol. The number of rotatable bonds is 5. The van der Waals surface area contributed by atoms with E-state index in [1.54, 1.807) is 22.2 Å². The van der Waals surface area contributed by atoms with Crippen LogP contribution in [0.1, 0.15) is 17.7 Å². The largest absolute Gasteiger partial charge is 0.354 e. The van der Waals surface area contributed by atoms with E-state index < -0.39 is 0 Å². The van der Waals surface area contributed by atoms with Crippen molar-refractivity contribution in [2.75, 3.05) is 18.0 Å². The summed E-state index contributed by atoms with van der Waals surface area (Å²) in [5.74, 6) is 1.58. The van der Waals surface area contributed by atoms with Crippen molar-refractivity contribution in [2.24, 2.45) is 5.92 Å². The second-order valence-electron chi connectivity index (χ2n) is 6.28. The third-order valence-corrected chi connectivity index (χ3v) is 5.39. The first kappa shape index (κ1) is 16.7. The molecule has 0 radical (unpaired) electrons. The highest BCUT2D eigenvalue weighted by Gasteiger charge is 2.26. The Labute approximate surface area is 155 Å². The van der Waals surface area contributed by atoms with Crippen LogP contribution in [0.2, 0.25) is 0 Å². The van der Waals surface area contributed by atoms with Gasteiger partial charge in [-0.05, 0) is 42.5 Å². The minimum Gasteiger partial charge on any atom is -0.354 e. The molecule has 0 aliphatic carbocycles. The average Bonchev–Trinajstić information content (AvgIpc) is 3.40. The third-order valence-electron chi connectivity index (χ3n) is 4.51. The second kappa shape index (κ2) is 7.65. The van der Waals surface area contributed by atoms with Gasteiger partial charge in [-0.25, -0.2) is 4.68 Å². The zero-order valence-corrected chi connectivity index (χ0v) is 15.1. The molecule has 1 atom stereocenters. The van der Waals surface area contributed by atoms with Gasteiger partial charge in [0.25, 0.3) is 0 Å². The fourth-order valence-corrected chi connectivity index (χ4v) is 3.79. The minimum atomic E-state index is -0.0173. The maximum absolute atomic E-state index is 12.5. The molecule has 1 aliphatic heterocycles. The third kappa shape index (κ3) is 3.75. The van der Waals surface area contributed by atoms with Crippen LogP contribution in [0.3, 0.4) is 0 Å². The number of thiophene rings is 1. The first-order valence-electron chi connectivity index (χ1n) is 8.68. The molecule has 1 saturated heterocycles. The number of piperidine rings is 1. The lowest BCUT2D eigenvalue weighted by atomic mass is 9.97. The topological polar surface area (TPSA) is 75.9 Å². The Morgan fingerprint density at radius 3 is 2.85 bits per heavy atom. The Kier molecular flexibility index (Phi) is 4.92. The van der Waals surface area contributed by atoms with Crippen LogP contribution < -0.4 is 10.2 Å². The SMILES string of the molecule is O=C(NCc1cccs1)[C@H]1CCCN(c2ccc(-n3cccn3)nn2)C1. The van der Waals surface area contributed by atoms with Crippen molar-refractivity contribution in [3.8, 4) is 5.82 Å². The molecule has 0 unspecified atom stereocenters. The number of aromatic nitrogens is 4. The molecule has 26 heavy (non-hydrogen) atoms. The molecule has 3 aromatic rings. The minimum absolute atomic E-state index is 0.0173. The first-order valence-corrected chi connectivity index (χ1v) is 9.56. The molecule has 0 aromatic carbocycles. The van der Waals surface area contributed by atoms with Gasteiger partial charge in [0.15, 0.2) is 11.6 Å². The van der Waals surface area contributed by atoms with Gasteiger partial charge in [0.1, 0.15) is 0 Å².